The molecule has 2 amide bonds. The number of morpholine rings is 1. The van der Waals surface area contributed by atoms with Gasteiger partial charge in [-0.15, -0.1) is 0 Å². The van der Waals surface area contributed by atoms with Crippen LogP contribution < -0.4 is 5.32 Å². The molecule has 1 fully saturated rings. The predicted molar refractivity (Wildman–Crippen MR) is 96.9 cm³/mol. The Morgan fingerprint density at radius 1 is 1.20 bits per heavy atom. The van der Waals surface area contributed by atoms with Crippen molar-refractivity contribution >= 4 is 6.03 Å². The second-order valence-corrected chi connectivity index (χ2v) is 6.72. The number of carbonyl (C=O) groups is 1. The van der Waals surface area contributed by atoms with E-state index in [1.54, 1.807) is 0 Å². The summed E-state index contributed by atoms with van der Waals surface area (Å²) in [6, 6.07) is 9.98. The fourth-order valence-corrected chi connectivity index (χ4v) is 3.37. The van der Waals surface area contributed by atoms with Crippen molar-refractivity contribution in [1.82, 2.24) is 20.0 Å². The van der Waals surface area contributed by atoms with Crippen molar-refractivity contribution in [2.75, 3.05) is 13.1 Å². The van der Waals surface area contributed by atoms with E-state index < -0.39 is 0 Å². The van der Waals surface area contributed by atoms with E-state index in [2.05, 4.69) is 10.4 Å². The van der Waals surface area contributed by atoms with Crippen LogP contribution in [0.2, 0.25) is 0 Å². The highest BCUT2D eigenvalue weighted by atomic mass is 16.5. The third-order valence-electron chi connectivity index (χ3n) is 4.57. The maximum absolute atomic E-state index is 12.5. The summed E-state index contributed by atoms with van der Waals surface area (Å²) in [5.41, 5.74) is 4.07. The number of benzene rings is 1. The van der Waals surface area contributed by atoms with Crippen LogP contribution in [0.3, 0.4) is 0 Å². The lowest BCUT2D eigenvalue weighted by molar-refractivity contribution is -0.0545. The van der Waals surface area contributed by atoms with Gasteiger partial charge in [-0.2, -0.15) is 5.10 Å². The maximum atomic E-state index is 12.5. The molecule has 1 aliphatic rings. The van der Waals surface area contributed by atoms with Crippen LogP contribution in [-0.2, 0) is 11.3 Å². The number of rotatable bonds is 3. The van der Waals surface area contributed by atoms with Crippen molar-refractivity contribution in [3.63, 3.8) is 0 Å². The lowest BCUT2D eigenvalue weighted by Gasteiger charge is -2.35. The van der Waals surface area contributed by atoms with Crippen molar-refractivity contribution in [2.24, 2.45) is 0 Å². The second-order valence-electron chi connectivity index (χ2n) is 6.72. The Hall–Kier alpha value is -2.34. The van der Waals surface area contributed by atoms with E-state index in [1.807, 2.05) is 67.6 Å². The number of para-hydroxylation sites is 1. The number of aromatic nitrogens is 2. The van der Waals surface area contributed by atoms with E-state index in [0.29, 0.717) is 19.6 Å². The fourth-order valence-electron chi connectivity index (χ4n) is 3.37. The number of ether oxygens (including phenoxy) is 1. The molecule has 0 bridgehead atoms. The molecule has 1 saturated heterocycles. The SMILES string of the molecule is Cc1nn(-c2ccccc2)c(C)c1CNC(=O)N1C[C@H](C)O[C@@H](C)C1. The number of aryl methyl sites for hydroxylation is 1. The van der Waals surface area contributed by atoms with Gasteiger partial charge in [0.1, 0.15) is 0 Å². The van der Waals surface area contributed by atoms with Crippen LogP contribution in [0.15, 0.2) is 30.3 Å². The Bertz CT molecular complexity index is 731. The van der Waals surface area contributed by atoms with Crippen LogP contribution in [0.1, 0.15) is 30.8 Å². The number of nitrogens with zero attached hydrogens (tertiary/aromatic N) is 3. The zero-order chi connectivity index (χ0) is 18.0. The van der Waals surface area contributed by atoms with Crippen molar-refractivity contribution in [1.29, 1.82) is 0 Å². The van der Waals surface area contributed by atoms with Gasteiger partial charge in [0.15, 0.2) is 0 Å². The highest BCUT2D eigenvalue weighted by Crippen LogP contribution is 2.18. The summed E-state index contributed by atoms with van der Waals surface area (Å²) in [6.07, 6.45) is 0.137. The smallest absolute Gasteiger partial charge is 0.317 e. The first-order valence-corrected chi connectivity index (χ1v) is 8.74. The van der Waals surface area contributed by atoms with E-state index >= 15 is 0 Å². The van der Waals surface area contributed by atoms with E-state index in [0.717, 1.165) is 22.6 Å². The minimum absolute atomic E-state index is 0.0479. The topological polar surface area (TPSA) is 59.4 Å². The van der Waals surface area contributed by atoms with Crippen LogP contribution in [0.5, 0.6) is 0 Å². The van der Waals surface area contributed by atoms with Gasteiger partial charge in [0.05, 0.1) is 23.6 Å². The van der Waals surface area contributed by atoms with E-state index in [4.69, 9.17) is 4.74 Å². The summed E-state index contributed by atoms with van der Waals surface area (Å²) in [5.74, 6) is 0. The molecule has 1 aliphatic heterocycles. The zero-order valence-electron chi connectivity index (χ0n) is 15.3. The molecular formula is C19H26N4O2. The number of nitrogens with one attached hydrogen (secondary N) is 1. The molecule has 0 aliphatic carbocycles. The molecule has 3 rings (SSSR count). The molecule has 2 atom stereocenters. The lowest BCUT2D eigenvalue weighted by Crippen LogP contribution is -2.51. The number of urea groups is 1. The summed E-state index contributed by atoms with van der Waals surface area (Å²) >= 11 is 0. The Morgan fingerprint density at radius 2 is 1.84 bits per heavy atom. The monoisotopic (exact) mass is 342 g/mol. The highest BCUT2D eigenvalue weighted by Gasteiger charge is 2.26. The summed E-state index contributed by atoms with van der Waals surface area (Å²) < 4.78 is 7.61. The van der Waals surface area contributed by atoms with Crippen LogP contribution in [0, 0.1) is 13.8 Å². The summed E-state index contributed by atoms with van der Waals surface area (Å²) in [6.45, 7) is 9.72. The number of carbonyl (C=O) groups excluding carboxylic acids is 1. The number of amides is 2. The molecule has 2 aromatic rings. The molecule has 0 saturated carbocycles. The summed E-state index contributed by atoms with van der Waals surface area (Å²) in [7, 11) is 0. The molecule has 25 heavy (non-hydrogen) atoms. The first-order valence-electron chi connectivity index (χ1n) is 8.74. The second kappa shape index (κ2) is 7.27. The van der Waals surface area contributed by atoms with Crippen LogP contribution >= 0.6 is 0 Å². The van der Waals surface area contributed by atoms with E-state index in [1.165, 1.54) is 0 Å². The number of hydrogen-bond donors (Lipinski definition) is 1. The highest BCUT2D eigenvalue weighted by molar-refractivity contribution is 5.74. The van der Waals surface area contributed by atoms with Gasteiger partial charge in [-0.3, -0.25) is 0 Å². The molecule has 6 nitrogen and oxygen atoms in total. The average Bonchev–Trinajstić information content (AvgIpc) is 2.87. The fraction of sp³-hybridized carbons (Fsp3) is 0.474. The van der Waals surface area contributed by atoms with Crippen LogP contribution in [-0.4, -0.2) is 46.0 Å². The van der Waals surface area contributed by atoms with Crippen molar-refractivity contribution in [3.8, 4) is 5.69 Å². The molecule has 134 valence electrons. The largest absolute Gasteiger partial charge is 0.372 e. The van der Waals surface area contributed by atoms with Gasteiger partial charge in [-0.25, -0.2) is 9.48 Å². The molecule has 1 N–H and O–H groups in total. The number of hydrogen-bond acceptors (Lipinski definition) is 3. The van der Waals surface area contributed by atoms with E-state index in [-0.39, 0.29) is 18.2 Å². The van der Waals surface area contributed by atoms with Crippen molar-refractivity contribution in [3.05, 3.63) is 47.3 Å². The quantitative estimate of drug-likeness (QED) is 0.933. The molecule has 6 heteroatoms. The van der Waals surface area contributed by atoms with Gasteiger partial charge in [-0.1, -0.05) is 18.2 Å². The first-order chi connectivity index (χ1) is 12.0. The third kappa shape index (κ3) is 3.85. The average molecular weight is 342 g/mol. The van der Waals surface area contributed by atoms with Gasteiger partial charge in [0.2, 0.25) is 0 Å². The Balaban J connectivity index is 1.69. The minimum atomic E-state index is -0.0479. The zero-order valence-corrected chi connectivity index (χ0v) is 15.3. The Kier molecular flexibility index (Phi) is 5.08. The standard InChI is InChI=1S/C19H26N4O2/c1-13-11-22(12-14(2)25-13)19(24)20-10-18-15(3)21-23(16(18)4)17-8-6-5-7-9-17/h5-9,13-14H,10-12H2,1-4H3,(H,20,24)/t13-,14-/m0/s1. The van der Waals surface area contributed by atoms with Crippen LogP contribution in [0.4, 0.5) is 4.79 Å². The van der Waals surface area contributed by atoms with E-state index in [9.17, 15) is 4.79 Å². The molecule has 1 aromatic carbocycles. The Labute approximate surface area is 148 Å². The van der Waals surface area contributed by atoms with Crippen molar-refractivity contribution < 1.29 is 9.53 Å². The molecular weight excluding hydrogens is 316 g/mol. The molecule has 1 aromatic heterocycles. The molecule has 0 unspecified atom stereocenters. The lowest BCUT2D eigenvalue weighted by atomic mass is 10.2. The summed E-state index contributed by atoms with van der Waals surface area (Å²) in [5, 5.41) is 7.66. The van der Waals surface area contributed by atoms with Crippen molar-refractivity contribution in [2.45, 2.75) is 46.4 Å². The first kappa shape index (κ1) is 17.5. The third-order valence-corrected chi connectivity index (χ3v) is 4.57. The molecule has 0 spiro atoms. The molecule has 2 heterocycles. The van der Waals surface area contributed by atoms with Gasteiger partial charge in [-0.05, 0) is 39.8 Å². The minimum Gasteiger partial charge on any atom is -0.372 e. The van der Waals surface area contributed by atoms with Gasteiger partial charge in [0.25, 0.3) is 0 Å². The predicted octanol–water partition coefficient (Wildman–Crippen LogP) is 2.81. The summed E-state index contributed by atoms with van der Waals surface area (Å²) in [4.78, 5) is 14.3. The normalized spacial score (nSPS) is 20.6. The maximum Gasteiger partial charge on any atom is 0.317 e. The van der Waals surface area contributed by atoms with Gasteiger partial charge >= 0.3 is 6.03 Å². The molecule has 0 radical (unpaired) electrons. The Morgan fingerprint density at radius 3 is 2.48 bits per heavy atom. The van der Waals surface area contributed by atoms with Gasteiger partial charge < -0.3 is 15.0 Å². The van der Waals surface area contributed by atoms with Crippen LogP contribution in [0.25, 0.3) is 5.69 Å². The van der Waals surface area contributed by atoms with Gasteiger partial charge in [0, 0.05) is 30.9 Å².